The van der Waals surface area contributed by atoms with Crippen LogP contribution in [-0.4, -0.2) is 18.4 Å². The lowest BCUT2D eigenvalue weighted by molar-refractivity contribution is -0.118. The first-order valence-electron chi connectivity index (χ1n) is 9.20. The van der Waals surface area contributed by atoms with Crippen LogP contribution in [0, 0.1) is 11.3 Å². The molecule has 30 heavy (non-hydrogen) atoms. The van der Waals surface area contributed by atoms with Crippen molar-refractivity contribution >= 4 is 29.3 Å². The first-order chi connectivity index (χ1) is 14.6. The summed E-state index contributed by atoms with van der Waals surface area (Å²) in [5.41, 5.74) is 1.95. The van der Waals surface area contributed by atoms with Gasteiger partial charge in [-0.25, -0.2) is 0 Å². The fraction of sp³-hybridized carbons (Fsp3) is 0.0417. The number of hydrogen-bond acceptors (Lipinski definition) is 4. The molecule has 2 N–H and O–H groups in total. The zero-order chi connectivity index (χ0) is 21.2. The van der Waals surface area contributed by atoms with Crippen molar-refractivity contribution in [1.82, 2.24) is 0 Å². The minimum Gasteiger partial charge on any atom is -0.484 e. The Labute approximate surface area is 174 Å². The van der Waals surface area contributed by atoms with E-state index in [1.807, 2.05) is 30.3 Å². The second-order valence-electron chi connectivity index (χ2n) is 6.26. The lowest BCUT2D eigenvalue weighted by atomic mass is 10.1. The average Bonchev–Trinajstić information content (AvgIpc) is 2.78. The van der Waals surface area contributed by atoms with Crippen LogP contribution in [0.1, 0.15) is 5.56 Å². The third-order valence-electron chi connectivity index (χ3n) is 4.02. The van der Waals surface area contributed by atoms with Crippen LogP contribution in [0.3, 0.4) is 0 Å². The van der Waals surface area contributed by atoms with Gasteiger partial charge in [-0.1, -0.05) is 48.5 Å². The van der Waals surface area contributed by atoms with Gasteiger partial charge >= 0.3 is 0 Å². The number of nitrogens with one attached hydrogen (secondary N) is 2. The number of nitrogens with zero attached hydrogens (tertiary/aromatic N) is 1. The summed E-state index contributed by atoms with van der Waals surface area (Å²) in [4.78, 5) is 24.2. The van der Waals surface area contributed by atoms with Gasteiger partial charge in [0.05, 0.1) is 0 Å². The summed E-state index contributed by atoms with van der Waals surface area (Å²) >= 11 is 0. The Kier molecular flexibility index (Phi) is 6.96. The normalized spacial score (nSPS) is 10.6. The molecule has 0 aromatic heterocycles. The van der Waals surface area contributed by atoms with E-state index in [0.29, 0.717) is 22.7 Å². The van der Waals surface area contributed by atoms with Crippen LogP contribution >= 0.6 is 0 Å². The van der Waals surface area contributed by atoms with E-state index in [1.54, 1.807) is 60.7 Å². The van der Waals surface area contributed by atoms with Gasteiger partial charge in [-0.3, -0.25) is 9.59 Å². The SMILES string of the molecule is N#C/C(=C\c1ccc(OCC(=O)Nc2ccccc2)cc1)C(=O)Nc1ccccc1. The molecule has 0 saturated heterocycles. The quantitative estimate of drug-likeness (QED) is 0.461. The lowest BCUT2D eigenvalue weighted by Crippen LogP contribution is -2.20. The number of carbonyl (C=O) groups excluding carboxylic acids is 2. The molecular formula is C24H19N3O3. The van der Waals surface area contributed by atoms with E-state index in [2.05, 4.69) is 10.6 Å². The second kappa shape index (κ2) is 10.2. The van der Waals surface area contributed by atoms with Crippen molar-refractivity contribution in [3.63, 3.8) is 0 Å². The Morgan fingerprint density at radius 3 is 1.97 bits per heavy atom. The molecule has 3 aromatic rings. The predicted molar refractivity (Wildman–Crippen MR) is 116 cm³/mol. The Hall–Kier alpha value is -4.37. The molecule has 148 valence electrons. The summed E-state index contributed by atoms with van der Waals surface area (Å²) in [6.07, 6.45) is 1.49. The molecule has 0 aliphatic carbocycles. The van der Waals surface area contributed by atoms with Gasteiger partial charge in [-0.05, 0) is 48.0 Å². The highest BCUT2D eigenvalue weighted by atomic mass is 16.5. The maximum Gasteiger partial charge on any atom is 0.266 e. The highest BCUT2D eigenvalue weighted by Gasteiger charge is 2.09. The number of carbonyl (C=O) groups is 2. The van der Waals surface area contributed by atoms with E-state index in [1.165, 1.54) is 6.08 Å². The molecule has 0 aliphatic heterocycles. The number of ether oxygens (including phenoxy) is 1. The van der Waals surface area contributed by atoms with Crippen LogP contribution in [0.2, 0.25) is 0 Å². The minimum absolute atomic E-state index is 0.0187. The van der Waals surface area contributed by atoms with E-state index >= 15 is 0 Å². The maximum absolute atomic E-state index is 12.3. The lowest BCUT2D eigenvalue weighted by Gasteiger charge is -2.08. The molecule has 0 unspecified atom stereocenters. The van der Waals surface area contributed by atoms with Gasteiger partial charge in [0, 0.05) is 11.4 Å². The Morgan fingerprint density at radius 2 is 1.40 bits per heavy atom. The van der Waals surface area contributed by atoms with E-state index in [4.69, 9.17) is 4.74 Å². The number of amides is 2. The molecule has 0 bridgehead atoms. The topological polar surface area (TPSA) is 91.2 Å². The molecule has 3 rings (SSSR count). The fourth-order valence-electron chi connectivity index (χ4n) is 2.56. The van der Waals surface area contributed by atoms with Gasteiger partial charge in [0.25, 0.3) is 11.8 Å². The van der Waals surface area contributed by atoms with E-state index in [9.17, 15) is 14.9 Å². The molecule has 3 aromatic carbocycles. The monoisotopic (exact) mass is 397 g/mol. The highest BCUT2D eigenvalue weighted by molar-refractivity contribution is 6.09. The van der Waals surface area contributed by atoms with Crippen molar-refractivity contribution < 1.29 is 14.3 Å². The predicted octanol–water partition coefficient (Wildman–Crippen LogP) is 4.25. The third-order valence-corrected chi connectivity index (χ3v) is 4.02. The summed E-state index contributed by atoms with van der Waals surface area (Å²) < 4.78 is 5.48. The second-order valence-corrected chi connectivity index (χ2v) is 6.26. The van der Waals surface area contributed by atoms with Crippen molar-refractivity contribution in [3.8, 4) is 11.8 Å². The average molecular weight is 397 g/mol. The van der Waals surface area contributed by atoms with Crippen molar-refractivity contribution in [1.29, 1.82) is 5.26 Å². The van der Waals surface area contributed by atoms with Crippen LogP contribution in [0.25, 0.3) is 6.08 Å². The van der Waals surface area contributed by atoms with Gasteiger partial charge < -0.3 is 15.4 Å². The molecule has 0 fully saturated rings. The van der Waals surface area contributed by atoms with Gasteiger partial charge in [0.1, 0.15) is 17.4 Å². The van der Waals surface area contributed by atoms with Crippen LogP contribution in [-0.2, 0) is 9.59 Å². The molecule has 0 radical (unpaired) electrons. The number of benzene rings is 3. The van der Waals surface area contributed by atoms with Crippen molar-refractivity contribution in [2.45, 2.75) is 0 Å². The molecule has 0 saturated carbocycles. The molecule has 0 atom stereocenters. The van der Waals surface area contributed by atoms with Crippen molar-refractivity contribution in [2.75, 3.05) is 17.2 Å². The van der Waals surface area contributed by atoms with Crippen LogP contribution in [0.4, 0.5) is 11.4 Å². The maximum atomic E-state index is 12.3. The first-order valence-corrected chi connectivity index (χ1v) is 9.20. The number of anilines is 2. The molecular weight excluding hydrogens is 378 g/mol. The van der Waals surface area contributed by atoms with Gasteiger partial charge in [0.15, 0.2) is 6.61 Å². The van der Waals surface area contributed by atoms with Gasteiger partial charge in [-0.2, -0.15) is 5.26 Å². The summed E-state index contributed by atoms with van der Waals surface area (Å²) in [6, 6.07) is 26.7. The number of rotatable bonds is 7. The Balaban J connectivity index is 1.56. The zero-order valence-electron chi connectivity index (χ0n) is 16.0. The highest BCUT2D eigenvalue weighted by Crippen LogP contribution is 2.16. The summed E-state index contributed by atoms with van der Waals surface area (Å²) in [5, 5.41) is 14.7. The molecule has 0 spiro atoms. The largest absolute Gasteiger partial charge is 0.484 e. The molecule has 2 amide bonds. The first kappa shape index (κ1) is 20.4. The van der Waals surface area contributed by atoms with Crippen LogP contribution in [0.5, 0.6) is 5.75 Å². The van der Waals surface area contributed by atoms with E-state index in [0.717, 1.165) is 0 Å². The van der Waals surface area contributed by atoms with Gasteiger partial charge in [-0.15, -0.1) is 0 Å². The molecule has 0 heterocycles. The van der Waals surface area contributed by atoms with Crippen molar-refractivity contribution in [2.24, 2.45) is 0 Å². The van der Waals surface area contributed by atoms with E-state index < -0.39 is 5.91 Å². The molecule has 6 nitrogen and oxygen atoms in total. The minimum atomic E-state index is -0.485. The number of hydrogen-bond donors (Lipinski definition) is 2. The van der Waals surface area contributed by atoms with E-state index in [-0.39, 0.29) is 18.1 Å². The summed E-state index contributed by atoms with van der Waals surface area (Å²) in [5.74, 6) is -0.251. The Morgan fingerprint density at radius 1 is 0.833 bits per heavy atom. The van der Waals surface area contributed by atoms with Crippen LogP contribution in [0.15, 0.2) is 90.5 Å². The van der Waals surface area contributed by atoms with Gasteiger partial charge in [0.2, 0.25) is 0 Å². The summed E-state index contributed by atoms with van der Waals surface area (Å²) in [6.45, 7) is -0.132. The fourth-order valence-corrected chi connectivity index (χ4v) is 2.56. The molecule has 0 aliphatic rings. The number of nitriles is 1. The summed E-state index contributed by atoms with van der Waals surface area (Å²) in [7, 11) is 0. The molecule has 6 heteroatoms. The van der Waals surface area contributed by atoms with Crippen LogP contribution < -0.4 is 15.4 Å². The van der Waals surface area contributed by atoms with Crippen molar-refractivity contribution in [3.05, 3.63) is 96.1 Å². The zero-order valence-corrected chi connectivity index (χ0v) is 16.0. The smallest absolute Gasteiger partial charge is 0.266 e. The Bertz CT molecular complexity index is 1070. The number of para-hydroxylation sites is 2. The third kappa shape index (κ3) is 6.08. The standard InChI is InChI=1S/C24H19N3O3/c25-16-19(24(29)27-21-9-5-2-6-10-21)15-18-11-13-22(14-12-18)30-17-23(28)26-20-7-3-1-4-8-20/h1-15H,17H2,(H,26,28)(H,27,29)/b19-15+.